The van der Waals surface area contributed by atoms with Crippen molar-refractivity contribution in [3.63, 3.8) is 0 Å². The minimum Gasteiger partial charge on any atom is -0.338 e. The second kappa shape index (κ2) is 6.60. The fraction of sp³-hybridized carbons (Fsp3) is 0.385. The van der Waals surface area contributed by atoms with Crippen LogP contribution in [0.2, 0.25) is 0 Å². The molecule has 0 fully saturated rings. The van der Waals surface area contributed by atoms with E-state index in [1.54, 1.807) is 4.90 Å². The number of rotatable bonds is 4. The van der Waals surface area contributed by atoms with Gasteiger partial charge in [0.1, 0.15) is 0 Å². The summed E-state index contributed by atoms with van der Waals surface area (Å²) in [4.78, 5) is 14.0. The maximum absolute atomic E-state index is 12.3. The van der Waals surface area contributed by atoms with Crippen molar-refractivity contribution in [1.82, 2.24) is 4.90 Å². The number of carbonyl (C=O) groups excluding carboxylic acids is 1. The molecular formula is C13H15IN2O. The van der Waals surface area contributed by atoms with Crippen LogP contribution in [0.5, 0.6) is 0 Å². The zero-order valence-electron chi connectivity index (χ0n) is 9.98. The van der Waals surface area contributed by atoms with Gasteiger partial charge in [-0.1, -0.05) is 12.1 Å². The van der Waals surface area contributed by atoms with Gasteiger partial charge in [0, 0.05) is 16.7 Å². The van der Waals surface area contributed by atoms with Gasteiger partial charge in [-0.05, 0) is 48.6 Å². The summed E-state index contributed by atoms with van der Waals surface area (Å²) in [6.07, 6.45) is 0. The normalized spacial score (nSPS) is 11.6. The summed E-state index contributed by atoms with van der Waals surface area (Å²) >= 11 is 2.16. The first kappa shape index (κ1) is 14.0. The number of benzene rings is 1. The molecule has 3 nitrogen and oxygen atoms in total. The van der Waals surface area contributed by atoms with Gasteiger partial charge in [0.15, 0.2) is 0 Å². The molecule has 0 bridgehead atoms. The zero-order chi connectivity index (χ0) is 12.8. The fourth-order valence-electron chi connectivity index (χ4n) is 1.53. The molecule has 17 heavy (non-hydrogen) atoms. The average Bonchev–Trinajstić information content (AvgIpc) is 2.35. The van der Waals surface area contributed by atoms with Gasteiger partial charge in [0.2, 0.25) is 0 Å². The van der Waals surface area contributed by atoms with Crippen LogP contribution < -0.4 is 0 Å². The summed E-state index contributed by atoms with van der Waals surface area (Å²) in [5.74, 6) is -0.139. The Bertz CT molecular complexity index is 439. The Morgan fingerprint density at radius 1 is 1.53 bits per heavy atom. The van der Waals surface area contributed by atoms with E-state index in [-0.39, 0.29) is 11.8 Å². The van der Waals surface area contributed by atoms with Crippen LogP contribution in [-0.2, 0) is 0 Å². The lowest BCUT2D eigenvalue weighted by atomic mass is 10.1. The quantitative estimate of drug-likeness (QED) is 0.790. The third-order valence-corrected chi connectivity index (χ3v) is 3.43. The predicted octanol–water partition coefficient (Wildman–Crippen LogP) is 2.91. The molecule has 1 aromatic rings. The van der Waals surface area contributed by atoms with Gasteiger partial charge in [0.25, 0.3) is 5.91 Å². The second-order valence-corrected chi connectivity index (χ2v) is 5.02. The molecule has 0 radical (unpaired) electrons. The van der Waals surface area contributed by atoms with Crippen LogP contribution in [0.4, 0.5) is 0 Å². The molecule has 1 rings (SSSR count). The largest absolute Gasteiger partial charge is 0.338 e. The summed E-state index contributed by atoms with van der Waals surface area (Å²) < 4.78 is 0.943. The van der Waals surface area contributed by atoms with E-state index in [0.717, 1.165) is 3.57 Å². The molecule has 0 aliphatic heterocycles. The molecule has 1 amide bonds. The number of carbonyl (C=O) groups is 1. The number of nitrogens with zero attached hydrogens (tertiary/aromatic N) is 2. The maximum Gasteiger partial charge on any atom is 0.254 e. The monoisotopic (exact) mass is 342 g/mol. The molecule has 0 saturated heterocycles. The van der Waals surface area contributed by atoms with E-state index in [1.165, 1.54) is 0 Å². The van der Waals surface area contributed by atoms with Gasteiger partial charge in [0.05, 0.1) is 17.6 Å². The van der Waals surface area contributed by atoms with Crippen molar-refractivity contribution >= 4 is 28.5 Å². The topological polar surface area (TPSA) is 44.1 Å². The predicted molar refractivity (Wildman–Crippen MR) is 75.5 cm³/mol. The standard InChI is InChI=1S/C13H15IN2O/c1-3-16(9-10(2)8-15)13(17)11-6-4-5-7-12(11)14/h4-7,10H,3,9H2,1-2H3/t10-/m0/s1. The highest BCUT2D eigenvalue weighted by Gasteiger charge is 2.18. The van der Waals surface area contributed by atoms with Crippen LogP contribution in [-0.4, -0.2) is 23.9 Å². The van der Waals surface area contributed by atoms with Crippen molar-refractivity contribution < 1.29 is 4.79 Å². The van der Waals surface area contributed by atoms with E-state index in [4.69, 9.17) is 5.26 Å². The highest BCUT2D eigenvalue weighted by atomic mass is 127. The smallest absolute Gasteiger partial charge is 0.254 e. The highest BCUT2D eigenvalue weighted by molar-refractivity contribution is 14.1. The Balaban J connectivity index is 2.88. The molecule has 4 heteroatoms. The first-order valence-corrected chi connectivity index (χ1v) is 6.61. The van der Waals surface area contributed by atoms with E-state index < -0.39 is 0 Å². The zero-order valence-corrected chi connectivity index (χ0v) is 12.1. The SMILES string of the molecule is CCN(C[C@@H](C)C#N)C(=O)c1ccccc1I. The summed E-state index contributed by atoms with van der Waals surface area (Å²) in [5.41, 5.74) is 0.708. The Hall–Kier alpha value is -1.09. The van der Waals surface area contributed by atoms with Gasteiger partial charge in [-0.15, -0.1) is 0 Å². The molecule has 1 aromatic carbocycles. The first-order valence-electron chi connectivity index (χ1n) is 5.53. The van der Waals surface area contributed by atoms with Gasteiger partial charge >= 0.3 is 0 Å². The minimum absolute atomic E-state index is 0.000370. The Morgan fingerprint density at radius 2 is 2.18 bits per heavy atom. The molecule has 0 unspecified atom stereocenters. The summed E-state index contributed by atoms with van der Waals surface area (Å²) in [5, 5.41) is 8.80. The Kier molecular flexibility index (Phi) is 5.42. The van der Waals surface area contributed by atoms with Gasteiger partial charge in [-0.25, -0.2) is 0 Å². The van der Waals surface area contributed by atoms with Crippen LogP contribution in [0, 0.1) is 20.8 Å². The van der Waals surface area contributed by atoms with Crippen LogP contribution in [0.25, 0.3) is 0 Å². The number of nitriles is 1. The number of hydrogen-bond acceptors (Lipinski definition) is 2. The van der Waals surface area contributed by atoms with E-state index in [0.29, 0.717) is 18.7 Å². The van der Waals surface area contributed by atoms with Crippen molar-refractivity contribution in [2.75, 3.05) is 13.1 Å². The molecule has 0 aliphatic rings. The molecule has 0 heterocycles. The van der Waals surface area contributed by atoms with E-state index in [1.807, 2.05) is 38.1 Å². The first-order chi connectivity index (χ1) is 8.10. The van der Waals surface area contributed by atoms with Crippen molar-refractivity contribution in [2.45, 2.75) is 13.8 Å². The lowest BCUT2D eigenvalue weighted by Gasteiger charge is -2.22. The van der Waals surface area contributed by atoms with Crippen LogP contribution in [0.1, 0.15) is 24.2 Å². The number of hydrogen-bond donors (Lipinski definition) is 0. The third kappa shape index (κ3) is 3.70. The minimum atomic E-state index is -0.139. The molecule has 0 N–H and O–H groups in total. The third-order valence-electron chi connectivity index (χ3n) is 2.49. The molecule has 1 atom stereocenters. The second-order valence-electron chi connectivity index (χ2n) is 3.85. The highest BCUT2D eigenvalue weighted by Crippen LogP contribution is 2.14. The maximum atomic E-state index is 12.3. The van der Waals surface area contributed by atoms with E-state index >= 15 is 0 Å². The van der Waals surface area contributed by atoms with Crippen LogP contribution in [0.15, 0.2) is 24.3 Å². The summed E-state index contributed by atoms with van der Waals surface area (Å²) in [6, 6.07) is 9.66. The summed E-state index contributed by atoms with van der Waals surface area (Å²) in [6.45, 7) is 4.86. The fourth-order valence-corrected chi connectivity index (χ4v) is 2.15. The van der Waals surface area contributed by atoms with Crippen molar-refractivity contribution in [2.24, 2.45) is 5.92 Å². The van der Waals surface area contributed by atoms with E-state index in [9.17, 15) is 4.79 Å². The van der Waals surface area contributed by atoms with Crippen molar-refractivity contribution in [3.05, 3.63) is 33.4 Å². The van der Waals surface area contributed by atoms with E-state index in [2.05, 4.69) is 28.7 Å². The Labute approximate surface area is 116 Å². The lowest BCUT2D eigenvalue weighted by Crippen LogP contribution is -2.34. The van der Waals surface area contributed by atoms with Crippen LogP contribution in [0.3, 0.4) is 0 Å². The Morgan fingerprint density at radius 3 is 2.71 bits per heavy atom. The van der Waals surface area contributed by atoms with Crippen molar-refractivity contribution in [1.29, 1.82) is 5.26 Å². The number of amides is 1. The lowest BCUT2D eigenvalue weighted by molar-refractivity contribution is 0.0751. The molecule has 0 aliphatic carbocycles. The number of halogens is 1. The van der Waals surface area contributed by atoms with Gasteiger partial charge < -0.3 is 4.90 Å². The molecule has 0 aromatic heterocycles. The van der Waals surface area contributed by atoms with Crippen molar-refractivity contribution in [3.8, 4) is 6.07 Å². The van der Waals surface area contributed by atoms with Gasteiger partial charge in [-0.2, -0.15) is 5.26 Å². The average molecular weight is 342 g/mol. The molecule has 90 valence electrons. The molecule has 0 saturated carbocycles. The summed E-state index contributed by atoms with van der Waals surface area (Å²) in [7, 11) is 0. The van der Waals surface area contributed by atoms with Crippen LogP contribution >= 0.6 is 22.6 Å². The van der Waals surface area contributed by atoms with Gasteiger partial charge in [-0.3, -0.25) is 4.79 Å². The molecular weight excluding hydrogens is 327 g/mol. The molecule has 0 spiro atoms.